The molecule has 0 amide bonds. The van der Waals surface area contributed by atoms with Gasteiger partial charge in [0.1, 0.15) is 0 Å². The maximum atomic E-state index is 3.06. The third kappa shape index (κ3) is 6.99. The van der Waals surface area contributed by atoms with E-state index in [9.17, 15) is 0 Å². The standard InChI is InChI=1S/C13H9.C10H9.C6H5.CH3.Si.Zr/c1-3-7-12-10(5-1)9-11-6-2-4-8-13(11)12;1-8-6-9-4-2-3-5-10(9)7-8;1-2-4-6-5-3-1;;;/h1-9H;2-7H,1H3;1-5H;1H3;;/q4*-1;;. The average molecular weight is 506 g/mol. The van der Waals surface area contributed by atoms with Gasteiger partial charge in [0.15, 0.2) is 0 Å². The first-order chi connectivity index (χ1) is 15.3. The van der Waals surface area contributed by atoms with Crippen LogP contribution in [0.2, 0.25) is 0 Å². The van der Waals surface area contributed by atoms with Crippen molar-refractivity contribution in [2.75, 3.05) is 0 Å². The fraction of sp³-hybridized carbons (Fsp3) is 0.0333. The van der Waals surface area contributed by atoms with Gasteiger partial charge < -0.3 is 7.43 Å². The van der Waals surface area contributed by atoms with Crippen LogP contribution < -0.4 is 0 Å². The van der Waals surface area contributed by atoms with Crippen LogP contribution >= 0.6 is 0 Å². The number of hydrogen-bond acceptors (Lipinski definition) is 0. The zero-order chi connectivity index (χ0) is 21.9. The first kappa shape index (κ1) is 25.7. The van der Waals surface area contributed by atoms with Crippen LogP contribution in [-0.4, -0.2) is 6.88 Å². The van der Waals surface area contributed by atoms with Crippen LogP contribution in [-0.2, 0) is 23.3 Å². The van der Waals surface area contributed by atoms with Gasteiger partial charge in [0.05, 0.1) is 0 Å². The summed E-state index contributed by atoms with van der Waals surface area (Å²) in [6.07, 6.45) is 0. The van der Waals surface area contributed by atoms with Crippen molar-refractivity contribution in [1.29, 1.82) is 0 Å². The van der Waals surface area contributed by atoms with Gasteiger partial charge in [0.2, 0.25) is 0 Å². The Balaban J connectivity index is 0.000000171. The zero-order valence-corrected chi connectivity index (χ0v) is 22.0. The van der Waals surface area contributed by atoms with Gasteiger partial charge in [-0.15, -0.1) is 80.3 Å². The molecule has 0 saturated heterocycles. The summed E-state index contributed by atoms with van der Waals surface area (Å²) >= 11 is 1.36. The van der Waals surface area contributed by atoms with Crippen LogP contribution in [0.15, 0.2) is 121 Å². The van der Waals surface area contributed by atoms with Crippen molar-refractivity contribution in [1.82, 2.24) is 0 Å². The fourth-order valence-corrected chi connectivity index (χ4v) is 3.55. The van der Waals surface area contributed by atoms with E-state index >= 15 is 0 Å². The average Bonchev–Trinajstić information content (AvgIpc) is 3.42. The molecule has 6 aromatic rings. The fourth-order valence-electron chi connectivity index (χ4n) is 3.55. The molecule has 0 aliphatic carbocycles. The first-order valence-corrected chi connectivity index (χ1v) is 14.3. The summed E-state index contributed by atoms with van der Waals surface area (Å²) in [5, 5.41) is 8.09. The van der Waals surface area contributed by atoms with E-state index in [1.54, 1.807) is 0 Å². The SMILES string of the molecule is Cc1cc2ccccc2[cH-]1.[CH3-].[Si]=[Zr].[c-]1ccccc1.c1ccc2c(c1)[cH-]c1ccccc12. The van der Waals surface area contributed by atoms with Crippen LogP contribution in [0.5, 0.6) is 0 Å². The van der Waals surface area contributed by atoms with Crippen molar-refractivity contribution in [3.8, 4) is 0 Å². The largest absolute Gasteiger partial charge is 0.184 e. The van der Waals surface area contributed by atoms with Crippen LogP contribution in [0.4, 0.5) is 0 Å². The quantitative estimate of drug-likeness (QED) is 0.144. The second-order valence-corrected chi connectivity index (χ2v) is 7.06. The number of hydrogen-bond donors (Lipinski definition) is 0. The van der Waals surface area contributed by atoms with E-state index in [1.165, 1.54) is 61.2 Å². The van der Waals surface area contributed by atoms with E-state index in [-0.39, 0.29) is 7.43 Å². The maximum Gasteiger partial charge on any atom is -0.0771 e. The molecule has 0 N–H and O–H groups in total. The van der Waals surface area contributed by atoms with Crippen LogP contribution in [0.25, 0.3) is 32.3 Å². The summed E-state index contributed by atoms with van der Waals surface area (Å²) in [5.41, 5.74) is 1.35. The molecule has 0 aliphatic heterocycles. The summed E-state index contributed by atoms with van der Waals surface area (Å²) in [6.45, 7) is 5.19. The molecule has 158 valence electrons. The Hall–Kier alpha value is -2.54. The van der Waals surface area contributed by atoms with Gasteiger partial charge in [0, 0.05) is 0 Å². The third-order valence-electron chi connectivity index (χ3n) is 4.89. The van der Waals surface area contributed by atoms with Gasteiger partial charge in [-0.3, -0.25) is 0 Å². The molecule has 6 aromatic carbocycles. The Kier molecular flexibility index (Phi) is 11.1. The Morgan fingerprint density at radius 1 is 0.625 bits per heavy atom. The molecule has 0 spiro atoms. The Morgan fingerprint density at radius 3 is 1.59 bits per heavy atom. The van der Waals surface area contributed by atoms with Gasteiger partial charge >= 0.3 is 30.2 Å². The Bertz CT molecular complexity index is 1220. The third-order valence-corrected chi connectivity index (χ3v) is 4.89. The summed E-state index contributed by atoms with van der Waals surface area (Å²) in [6, 6.07) is 44.6. The van der Waals surface area contributed by atoms with E-state index in [4.69, 9.17) is 0 Å². The van der Waals surface area contributed by atoms with Crippen LogP contribution in [0, 0.1) is 20.4 Å². The van der Waals surface area contributed by atoms with E-state index in [1.807, 2.05) is 30.3 Å². The van der Waals surface area contributed by atoms with Crippen molar-refractivity contribution in [3.05, 3.63) is 140 Å². The first-order valence-electron chi connectivity index (χ1n) is 10.1. The molecule has 0 bridgehead atoms. The maximum absolute atomic E-state index is 3.06. The zero-order valence-electron chi connectivity index (χ0n) is 18.5. The number of benzene rings is 4. The van der Waals surface area contributed by atoms with Gasteiger partial charge in [-0.05, 0) is 0 Å². The van der Waals surface area contributed by atoms with Crippen LogP contribution in [0.3, 0.4) is 0 Å². The minimum Gasteiger partial charge on any atom is -0.184 e. The number of rotatable bonds is 0. The molecule has 0 aliphatic rings. The minimum absolute atomic E-state index is 0. The van der Waals surface area contributed by atoms with Crippen molar-refractivity contribution in [2.24, 2.45) is 0 Å². The molecule has 0 nitrogen and oxygen atoms in total. The molecule has 0 atom stereocenters. The van der Waals surface area contributed by atoms with Crippen molar-refractivity contribution < 1.29 is 23.3 Å². The normalized spacial score (nSPS) is 9.38. The molecule has 0 saturated carbocycles. The minimum atomic E-state index is 0. The van der Waals surface area contributed by atoms with Gasteiger partial charge in [-0.2, -0.15) is 42.5 Å². The Morgan fingerprint density at radius 2 is 1.12 bits per heavy atom. The summed E-state index contributed by atoms with van der Waals surface area (Å²) in [5.74, 6) is 0. The molecule has 32 heavy (non-hydrogen) atoms. The van der Waals surface area contributed by atoms with E-state index in [0.29, 0.717) is 0 Å². The second-order valence-electron chi connectivity index (χ2n) is 7.06. The number of aryl methyl sites for hydroxylation is 1. The van der Waals surface area contributed by atoms with Gasteiger partial charge in [-0.1, -0.05) is 49.4 Å². The van der Waals surface area contributed by atoms with E-state index < -0.39 is 0 Å². The van der Waals surface area contributed by atoms with E-state index in [2.05, 4.69) is 111 Å². The van der Waals surface area contributed by atoms with Crippen molar-refractivity contribution in [3.63, 3.8) is 0 Å². The van der Waals surface area contributed by atoms with Gasteiger partial charge in [0.25, 0.3) is 0 Å². The summed E-state index contributed by atoms with van der Waals surface area (Å²) in [7, 11) is 0. The molecule has 0 heterocycles. The smallest absolute Gasteiger partial charge is 0.0771 e. The summed E-state index contributed by atoms with van der Waals surface area (Å²) < 4.78 is 0. The molecule has 2 heteroatoms. The monoisotopic (exact) mass is 504 g/mol. The van der Waals surface area contributed by atoms with Gasteiger partial charge in [-0.25, -0.2) is 0 Å². The van der Waals surface area contributed by atoms with Crippen LogP contribution in [0.1, 0.15) is 5.56 Å². The molecule has 2 radical (unpaired) electrons. The molecule has 6 rings (SSSR count). The Labute approximate surface area is 208 Å². The molecular formula is C30H26SiZr-4. The summed E-state index contributed by atoms with van der Waals surface area (Å²) in [4.78, 5) is 0. The van der Waals surface area contributed by atoms with E-state index in [0.717, 1.165) is 0 Å². The number of fused-ring (bicyclic) bond motifs is 4. The predicted molar refractivity (Wildman–Crippen MR) is 139 cm³/mol. The molecular weight excluding hydrogens is 480 g/mol. The predicted octanol–water partition coefficient (Wildman–Crippen LogP) is 8.13. The molecule has 0 fully saturated rings. The molecule has 0 aromatic heterocycles. The second kappa shape index (κ2) is 13.8. The topological polar surface area (TPSA) is 0 Å². The van der Waals surface area contributed by atoms with Crippen molar-refractivity contribution in [2.45, 2.75) is 6.92 Å². The molecule has 0 unspecified atom stereocenters. The van der Waals surface area contributed by atoms with Crippen molar-refractivity contribution >= 4 is 39.2 Å².